The summed E-state index contributed by atoms with van der Waals surface area (Å²) in [7, 11) is 0. The van der Waals surface area contributed by atoms with Gasteiger partial charge in [-0.3, -0.25) is 0 Å². The van der Waals surface area contributed by atoms with E-state index in [4.69, 9.17) is 0 Å². The van der Waals surface area contributed by atoms with Gasteiger partial charge in [0.1, 0.15) is 0 Å². The van der Waals surface area contributed by atoms with Crippen LogP contribution in [0, 0.1) is 0 Å². The van der Waals surface area contributed by atoms with E-state index in [2.05, 4.69) is 31.4 Å². The van der Waals surface area contributed by atoms with Crippen molar-refractivity contribution in [3.05, 3.63) is 0 Å². The van der Waals surface area contributed by atoms with Gasteiger partial charge in [-0.15, -0.1) is 0 Å². The first-order chi connectivity index (χ1) is 8.85. The van der Waals surface area contributed by atoms with Crippen molar-refractivity contribution >= 4 is 0 Å². The Kier molecular flexibility index (Phi) is 14.9. The lowest BCUT2D eigenvalue weighted by Crippen LogP contribution is -2.39. The highest BCUT2D eigenvalue weighted by atomic mass is 15.0. The van der Waals surface area contributed by atoms with Gasteiger partial charge in [0.15, 0.2) is 0 Å². The Morgan fingerprint density at radius 3 is 2.06 bits per heavy atom. The molecule has 0 saturated carbocycles. The van der Waals surface area contributed by atoms with Crippen molar-refractivity contribution in [2.45, 2.75) is 84.6 Å². The molecule has 18 heavy (non-hydrogen) atoms. The van der Waals surface area contributed by atoms with Gasteiger partial charge in [0.25, 0.3) is 0 Å². The first-order valence-electron chi connectivity index (χ1n) is 8.29. The van der Waals surface area contributed by atoms with E-state index in [0.717, 1.165) is 6.54 Å². The molecule has 2 nitrogen and oxygen atoms in total. The van der Waals surface area contributed by atoms with Crippen molar-refractivity contribution in [1.29, 1.82) is 0 Å². The molecule has 0 unspecified atom stereocenters. The molecule has 0 radical (unpaired) electrons. The molecule has 0 saturated heterocycles. The van der Waals surface area contributed by atoms with Crippen molar-refractivity contribution in [3.63, 3.8) is 0 Å². The van der Waals surface area contributed by atoms with Crippen LogP contribution in [-0.4, -0.2) is 25.7 Å². The quantitative estimate of drug-likeness (QED) is 0.457. The van der Waals surface area contributed by atoms with E-state index >= 15 is 0 Å². The molecular formula is C16H36N2. The van der Waals surface area contributed by atoms with E-state index in [1.54, 1.807) is 0 Å². The maximum atomic E-state index is 3.71. The summed E-state index contributed by atoms with van der Waals surface area (Å²) < 4.78 is 0. The maximum Gasteiger partial charge on any atom is 0.0192 e. The molecule has 0 spiro atoms. The second kappa shape index (κ2) is 15.0. The van der Waals surface area contributed by atoms with Crippen LogP contribution in [0.2, 0.25) is 0 Å². The molecule has 1 atom stereocenters. The summed E-state index contributed by atoms with van der Waals surface area (Å²) in [5, 5.41) is 7.30. The Morgan fingerprint density at radius 1 is 0.722 bits per heavy atom. The van der Waals surface area contributed by atoms with Crippen LogP contribution in [0.5, 0.6) is 0 Å². The molecule has 2 N–H and O–H groups in total. The fourth-order valence-electron chi connectivity index (χ4n) is 2.15. The maximum absolute atomic E-state index is 3.71. The summed E-state index contributed by atoms with van der Waals surface area (Å²) in [4.78, 5) is 0. The number of rotatable bonds is 14. The number of nitrogens with one attached hydrogen (secondary N) is 2. The molecule has 110 valence electrons. The van der Waals surface area contributed by atoms with Crippen LogP contribution in [0.3, 0.4) is 0 Å². The zero-order valence-corrected chi connectivity index (χ0v) is 13.1. The van der Waals surface area contributed by atoms with Gasteiger partial charge in [0.2, 0.25) is 0 Å². The predicted molar refractivity (Wildman–Crippen MR) is 83.2 cm³/mol. The van der Waals surface area contributed by atoms with Crippen molar-refractivity contribution in [2.75, 3.05) is 19.6 Å². The second-order valence-electron chi connectivity index (χ2n) is 5.41. The summed E-state index contributed by atoms with van der Waals surface area (Å²) in [6.45, 7) is 10.3. The monoisotopic (exact) mass is 256 g/mol. The zero-order valence-electron chi connectivity index (χ0n) is 13.1. The van der Waals surface area contributed by atoms with Gasteiger partial charge < -0.3 is 10.6 Å². The molecular weight excluding hydrogens is 220 g/mol. The Hall–Kier alpha value is -0.0800. The molecule has 0 aliphatic carbocycles. The molecule has 0 aromatic carbocycles. The largest absolute Gasteiger partial charge is 0.315 e. The van der Waals surface area contributed by atoms with Gasteiger partial charge in [0.05, 0.1) is 0 Å². The second-order valence-corrected chi connectivity index (χ2v) is 5.41. The number of hydrogen-bond donors (Lipinski definition) is 2. The lowest BCUT2D eigenvalue weighted by atomic mass is 10.1. The minimum Gasteiger partial charge on any atom is -0.315 e. The summed E-state index contributed by atoms with van der Waals surface area (Å²) in [5.74, 6) is 0. The Bertz CT molecular complexity index is 136. The third-order valence-electron chi connectivity index (χ3n) is 3.47. The number of hydrogen-bond acceptors (Lipinski definition) is 2. The van der Waals surface area contributed by atoms with E-state index in [0.29, 0.717) is 6.04 Å². The molecule has 2 heteroatoms. The van der Waals surface area contributed by atoms with E-state index in [-0.39, 0.29) is 0 Å². The Morgan fingerprint density at radius 2 is 1.39 bits per heavy atom. The standard InChI is InChI=1S/C16H36N2/c1-4-7-10-11-12-16(18-14-9-6-3)15-17-13-8-5-2/h16-18H,4-15H2,1-3H3/t16-/m1/s1. The molecule has 0 aromatic rings. The number of unbranched alkanes of at least 4 members (excludes halogenated alkanes) is 5. The zero-order chi connectivity index (χ0) is 13.5. The third-order valence-corrected chi connectivity index (χ3v) is 3.47. The minimum absolute atomic E-state index is 0.685. The van der Waals surface area contributed by atoms with Crippen LogP contribution in [-0.2, 0) is 0 Å². The topological polar surface area (TPSA) is 24.1 Å². The Labute approximate surface area is 115 Å². The van der Waals surface area contributed by atoms with Crippen molar-refractivity contribution in [1.82, 2.24) is 10.6 Å². The highest BCUT2D eigenvalue weighted by Crippen LogP contribution is 2.05. The molecule has 0 rings (SSSR count). The summed E-state index contributed by atoms with van der Waals surface area (Å²) >= 11 is 0. The normalized spacial score (nSPS) is 12.8. The molecule has 0 amide bonds. The summed E-state index contributed by atoms with van der Waals surface area (Å²) in [6.07, 6.45) is 12.0. The van der Waals surface area contributed by atoms with Crippen molar-refractivity contribution < 1.29 is 0 Å². The predicted octanol–water partition coefficient (Wildman–Crippen LogP) is 4.10. The van der Waals surface area contributed by atoms with Crippen LogP contribution in [0.4, 0.5) is 0 Å². The van der Waals surface area contributed by atoms with E-state index < -0.39 is 0 Å². The summed E-state index contributed by atoms with van der Waals surface area (Å²) in [5.41, 5.74) is 0. The first kappa shape index (κ1) is 17.9. The fourth-order valence-corrected chi connectivity index (χ4v) is 2.15. The van der Waals surface area contributed by atoms with Crippen molar-refractivity contribution in [3.8, 4) is 0 Å². The lowest BCUT2D eigenvalue weighted by Gasteiger charge is -2.19. The lowest BCUT2D eigenvalue weighted by molar-refractivity contribution is 0.424. The van der Waals surface area contributed by atoms with Gasteiger partial charge >= 0.3 is 0 Å². The van der Waals surface area contributed by atoms with Gasteiger partial charge in [-0.25, -0.2) is 0 Å². The smallest absolute Gasteiger partial charge is 0.0192 e. The van der Waals surface area contributed by atoms with E-state index in [1.165, 1.54) is 70.9 Å². The van der Waals surface area contributed by atoms with E-state index in [9.17, 15) is 0 Å². The van der Waals surface area contributed by atoms with Gasteiger partial charge in [-0.2, -0.15) is 0 Å². The molecule has 0 fully saturated rings. The van der Waals surface area contributed by atoms with Crippen LogP contribution in [0.25, 0.3) is 0 Å². The first-order valence-corrected chi connectivity index (χ1v) is 8.29. The highest BCUT2D eigenvalue weighted by molar-refractivity contribution is 4.70. The van der Waals surface area contributed by atoms with Crippen LogP contribution < -0.4 is 10.6 Å². The SMILES string of the molecule is CCCCCC[C@H](CNCCCC)NCCCC. The molecule has 0 aliphatic heterocycles. The molecule has 0 bridgehead atoms. The minimum atomic E-state index is 0.685. The Balaban J connectivity index is 3.62. The average Bonchev–Trinajstić information content (AvgIpc) is 2.39. The van der Waals surface area contributed by atoms with Crippen LogP contribution >= 0.6 is 0 Å². The van der Waals surface area contributed by atoms with Gasteiger partial charge in [-0.05, 0) is 32.4 Å². The summed E-state index contributed by atoms with van der Waals surface area (Å²) in [6, 6.07) is 0.685. The van der Waals surface area contributed by atoms with Crippen molar-refractivity contribution in [2.24, 2.45) is 0 Å². The highest BCUT2D eigenvalue weighted by Gasteiger charge is 2.06. The van der Waals surface area contributed by atoms with Crippen LogP contribution in [0.1, 0.15) is 78.6 Å². The third kappa shape index (κ3) is 12.4. The fraction of sp³-hybridized carbons (Fsp3) is 1.00. The average molecular weight is 256 g/mol. The molecule has 0 aliphatic rings. The van der Waals surface area contributed by atoms with Crippen LogP contribution in [0.15, 0.2) is 0 Å². The van der Waals surface area contributed by atoms with Gasteiger partial charge in [0, 0.05) is 12.6 Å². The molecule has 0 aromatic heterocycles. The van der Waals surface area contributed by atoms with Gasteiger partial charge in [-0.1, -0.05) is 59.3 Å². The van der Waals surface area contributed by atoms with E-state index in [1.807, 2.05) is 0 Å². The molecule has 0 heterocycles.